The van der Waals surface area contributed by atoms with Crippen molar-refractivity contribution in [1.82, 2.24) is 13.8 Å². The van der Waals surface area contributed by atoms with Gasteiger partial charge < -0.3 is 19.9 Å². The molecule has 11 heteroatoms. The Morgan fingerprint density at radius 3 is 2.41 bits per heavy atom. The third-order valence-electron chi connectivity index (χ3n) is 8.00. The van der Waals surface area contributed by atoms with Crippen molar-refractivity contribution < 1.29 is 23.9 Å². The fourth-order valence-electron chi connectivity index (χ4n) is 5.85. The number of carbonyl (C=O) groups is 3. The second-order valence-electron chi connectivity index (χ2n) is 10.2. The number of rotatable bonds is 6. The lowest BCUT2D eigenvalue weighted by Gasteiger charge is -2.33. The molecule has 2 aliphatic rings. The average molecular weight is 573 g/mol. The molecule has 1 aromatic heterocycles. The fourth-order valence-corrected chi connectivity index (χ4v) is 6.75. The van der Waals surface area contributed by atoms with E-state index in [-0.39, 0.29) is 33.4 Å². The van der Waals surface area contributed by atoms with Crippen LogP contribution < -0.4 is 5.32 Å². The molecule has 206 valence electrons. The van der Waals surface area contributed by atoms with Gasteiger partial charge in [-0.2, -0.15) is 0 Å². The monoisotopic (exact) mass is 572 g/mol. The van der Waals surface area contributed by atoms with Crippen molar-refractivity contribution in [2.45, 2.75) is 25.3 Å². The van der Waals surface area contributed by atoms with E-state index in [1.165, 1.54) is 35.2 Å². The molecule has 8 nitrogen and oxygen atoms in total. The van der Waals surface area contributed by atoms with Crippen LogP contribution in [-0.2, 0) is 11.8 Å². The quantitative estimate of drug-likeness (QED) is 0.398. The molecular weight excluding hydrogens is 543 g/mol. The van der Waals surface area contributed by atoms with Gasteiger partial charge >= 0.3 is 5.97 Å². The molecule has 3 aromatic rings. The van der Waals surface area contributed by atoms with Gasteiger partial charge in [0.15, 0.2) is 0 Å². The van der Waals surface area contributed by atoms with E-state index in [0.717, 1.165) is 25.9 Å². The van der Waals surface area contributed by atoms with Gasteiger partial charge in [0.1, 0.15) is 11.9 Å². The summed E-state index contributed by atoms with van der Waals surface area (Å²) in [5.41, 5.74) is 0.996. The summed E-state index contributed by atoms with van der Waals surface area (Å²) < 4.78 is 19.7. The number of nitrogens with one attached hydrogen (secondary N) is 1. The van der Waals surface area contributed by atoms with E-state index in [1.54, 1.807) is 35.8 Å². The van der Waals surface area contributed by atoms with Crippen LogP contribution in [0.1, 0.15) is 40.0 Å². The Hall–Kier alpha value is -3.08. The molecule has 39 heavy (non-hydrogen) atoms. The molecule has 2 atom stereocenters. The predicted octanol–water partition coefficient (Wildman–Crippen LogP) is 5.13. The summed E-state index contributed by atoms with van der Waals surface area (Å²) in [6.07, 6.45) is 6.08. The van der Waals surface area contributed by atoms with Gasteiger partial charge in [-0.15, -0.1) is 0 Å². The Kier molecular flexibility index (Phi) is 7.89. The lowest BCUT2D eigenvalue weighted by Crippen LogP contribution is -2.43. The number of aromatic nitrogens is 1. The maximum Gasteiger partial charge on any atom is 0.335 e. The van der Waals surface area contributed by atoms with Crippen molar-refractivity contribution in [3.63, 3.8) is 0 Å². The van der Waals surface area contributed by atoms with E-state index in [9.17, 15) is 14.4 Å². The number of aryl methyl sites for hydroxylation is 1. The van der Waals surface area contributed by atoms with Gasteiger partial charge in [-0.25, -0.2) is 9.18 Å². The zero-order chi connectivity index (χ0) is 27.8. The number of aromatic carboxylic acids is 1. The number of carboxylic acids is 1. The number of piperidine rings is 1. The van der Waals surface area contributed by atoms with Crippen LogP contribution in [-0.4, -0.2) is 68.6 Å². The lowest BCUT2D eigenvalue weighted by molar-refractivity contribution is -0.119. The van der Waals surface area contributed by atoms with Crippen molar-refractivity contribution in [2.24, 2.45) is 18.9 Å². The number of hydrogen-bond donors (Lipinski definition) is 2. The molecule has 0 aliphatic carbocycles. The van der Waals surface area contributed by atoms with E-state index >= 15 is 4.39 Å². The van der Waals surface area contributed by atoms with Crippen LogP contribution in [0.5, 0.6) is 0 Å². The Labute approximate surface area is 235 Å². The van der Waals surface area contributed by atoms with Crippen molar-refractivity contribution in [3.8, 4) is 0 Å². The molecule has 0 spiro atoms. The molecule has 2 amide bonds. The van der Waals surface area contributed by atoms with Gasteiger partial charge in [-0.1, -0.05) is 23.5 Å². The smallest absolute Gasteiger partial charge is 0.335 e. The first-order valence-electron chi connectivity index (χ1n) is 12.8. The Balaban J connectivity index is 1.42. The van der Waals surface area contributed by atoms with Gasteiger partial charge in [0.05, 0.1) is 27.1 Å². The summed E-state index contributed by atoms with van der Waals surface area (Å²) in [5, 5.41) is 12.4. The summed E-state index contributed by atoms with van der Waals surface area (Å²) in [4.78, 5) is 40.0. The minimum atomic E-state index is -1.06. The van der Waals surface area contributed by atoms with Crippen LogP contribution in [0.25, 0.3) is 10.9 Å². The third kappa shape index (κ3) is 5.37. The highest BCUT2D eigenvalue weighted by Crippen LogP contribution is 2.38. The minimum absolute atomic E-state index is 0.104. The summed E-state index contributed by atoms with van der Waals surface area (Å²) in [6.45, 7) is 2.25. The summed E-state index contributed by atoms with van der Waals surface area (Å²) >= 11 is 8.00. The first-order chi connectivity index (χ1) is 18.7. The number of hydrogen-bond acceptors (Lipinski definition) is 5. The molecule has 1 unspecified atom stereocenters. The van der Waals surface area contributed by atoms with Gasteiger partial charge in [0, 0.05) is 38.6 Å². The molecule has 2 aliphatic heterocycles. The van der Waals surface area contributed by atoms with Crippen LogP contribution in [0, 0.1) is 17.7 Å². The van der Waals surface area contributed by atoms with Crippen LogP contribution in [0.15, 0.2) is 42.6 Å². The first kappa shape index (κ1) is 27.5. The van der Waals surface area contributed by atoms with Gasteiger partial charge in [-0.05, 0) is 73.8 Å². The van der Waals surface area contributed by atoms with Crippen molar-refractivity contribution in [3.05, 3.63) is 64.6 Å². The van der Waals surface area contributed by atoms with Gasteiger partial charge in [-0.3, -0.25) is 13.9 Å². The molecule has 2 fully saturated rings. The highest BCUT2D eigenvalue weighted by molar-refractivity contribution is 7.96. The van der Waals surface area contributed by atoms with Crippen LogP contribution >= 0.6 is 23.5 Å². The maximum absolute atomic E-state index is 15.7. The molecule has 0 radical (unpaired) electrons. The van der Waals surface area contributed by atoms with Gasteiger partial charge in [0.25, 0.3) is 5.91 Å². The number of nitrogens with zero attached hydrogens (tertiary/aromatic N) is 3. The van der Waals surface area contributed by atoms with Gasteiger partial charge in [0.2, 0.25) is 5.91 Å². The SMILES string of the molecule is CSN1CCC(C2C[C@@H](C(=O)Nc3ccc(C(=O)O)cc3)N(C(=O)c3ccc4c(c(Cl)cn4C)c3F)C2)CC1. The number of carbonyl (C=O) groups excluding carboxylic acids is 2. The summed E-state index contributed by atoms with van der Waals surface area (Å²) in [6, 6.07) is 8.19. The number of benzene rings is 2. The highest BCUT2D eigenvalue weighted by atomic mass is 35.5. The van der Waals surface area contributed by atoms with E-state index < -0.39 is 23.7 Å². The molecule has 2 aromatic carbocycles. The number of carboxylic acid groups (broad SMARTS) is 1. The van der Waals surface area contributed by atoms with Crippen molar-refractivity contribution >= 4 is 57.9 Å². The van der Waals surface area contributed by atoms with E-state index in [1.807, 2.05) is 0 Å². The van der Waals surface area contributed by atoms with Crippen LogP contribution in [0.2, 0.25) is 5.02 Å². The molecular formula is C28H30ClFN4O4S. The standard InChI is InChI=1S/C28H30ClFN4O4S/c1-32-15-21(29)24-22(32)8-7-20(25(24)30)27(36)34-14-18(16-9-11-33(39-2)12-10-16)13-23(34)26(35)31-19-5-3-17(4-6-19)28(37)38/h3-8,15-16,18,23H,9-14H2,1-2H3,(H,31,35)(H,37,38)/t18?,23-/m0/s1. The molecule has 3 heterocycles. The maximum atomic E-state index is 15.7. The van der Waals surface area contributed by atoms with E-state index in [4.69, 9.17) is 16.7 Å². The topological polar surface area (TPSA) is 94.9 Å². The largest absolute Gasteiger partial charge is 0.478 e. The lowest BCUT2D eigenvalue weighted by atomic mass is 9.83. The third-order valence-corrected chi connectivity index (χ3v) is 9.16. The van der Waals surface area contributed by atoms with Crippen LogP contribution in [0.3, 0.4) is 0 Å². The first-order valence-corrected chi connectivity index (χ1v) is 14.4. The number of likely N-dealkylation sites (tertiary alicyclic amines) is 1. The van der Waals surface area contributed by atoms with Crippen LogP contribution in [0.4, 0.5) is 10.1 Å². The van der Waals surface area contributed by atoms with E-state index in [2.05, 4.69) is 15.9 Å². The second-order valence-corrected chi connectivity index (χ2v) is 11.5. The van der Waals surface area contributed by atoms with E-state index in [0.29, 0.717) is 30.1 Å². The number of fused-ring (bicyclic) bond motifs is 1. The summed E-state index contributed by atoms with van der Waals surface area (Å²) in [5.74, 6) is -2.21. The second kappa shape index (κ2) is 11.2. The minimum Gasteiger partial charge on any atom is -0.478 e. The van der Waals surface area contributed by atoms with Crippen molar-refractivity contribution in [1.29, 1.82) is 0 Å². The zero-order valence-corrected chi connectivity index (χ0v) is 23.3. The molecule has 0 saturated carbocycles. The fraction of sp³-hybridized carbons (Fsp3) is 0.393. The van der Waals surface area contributed by atoms with Crippen molar-refractivity contribution in [2.75, 3.05) is 31.2 Å². The normalized spacial score (nSPS) is 20.5. The Bertz CT molecular complexity index is 1420. The summed E-state index contributed by atoms with van der Waals surface area (Å²) in [7, 11) is 1.76. The Morgan fingerprint density at radius 1 is 1.08 bits per heavy atom. The molecule has 2 N–H and O–H groups in total. The number of amides is 2. The zero-order valence-electron chi connectivity index (χ0n) is 21.7. The number of anilines is 1. The molecule has 0 bridgehead atoms. The highest BCUT2D eigenvalue weighted by Gasteiger charge is 2.44. The average Bonchev–Trinajstić information content (AvgIpc) is 3.50. The molecule has 2 saturated heterocycles. The molecule has 5 rings (SSSR count). The Morgan fingerprint density at radius 2 is 1.77 bits per heavy atom. The number of halogens is 2. The predicted molar refractivity (Wildman–Crippen MR) is 151 cm³/mol.